The van der Waals surface area contributed by atoms with Crippen molar-refractivity contribution >= 4 is 0 Å². The van der Waals surface area contributed by atoms with Crippen molar-refractivity contribution in [1.29, 1.82) is 0 Å². The molecule has 0 unspecified atom stereocenters. The van der Waals surface area contributed by atoms with E-state index in [0.717, 1.165) is 0 Å². The molecule has 0 aliphatic carbocycles. The van der Waals surface area contributed by atoms with Gasteiger partial charge in [-0.1, -0.05) is 5.16 Å². The summed E-state index contributed by atoms with van der Waals surface area (Å²) in [6.07, 6.45) is 0. The van der Waals surface area contributed by atoms with Crippen LogP contribution in [-0.2, 0) is 10.3 Å². The summed E-state index contributed by atoms with van der Waals surface area (Å²) in [5.41, 5.74) is -0.114. The summed E-state index contributed by atoms with van der Waals surface area (Å²) < 4.78 is 10.7. The third-order valence-electron chi connectivity index (χ3n) is 2.69. The van der Waals surface area contributed by atoms with E-state index >= 15 is 0 Å². The van der Waals surface area contributed by atoms with Gasteiger partial charge in [0.25, 0.3) is 5.89 Å². The highest BCUT2D eigenvalue weighted by Gasteiger charge is 2.27. The van der Waals surface area contributed by atoms with E-state index in [2.05, 4.69) is 10.1 Å². The maximum atomic E-state index is 9.45. The Kier molecular flexibility index (Phi) is 3.44. The van der Waals surface area contributed by atoms with Crippen molar-refractivity contribution in [2.45, 2.75) is 26.4 Å². The van der Waals surface area contributed by atoms with Gasteiger partial charge in [-0.15, -0.1) is 0 Å². The standard InChI is InChI=1S/C13H16N2O4/c1-4-18-13(2,3)12-14-11(19-15-12)8-5-6-9(16)10(17)7-8/h5-7,16-17H,4H2,1-3H3. The van der Waals surface area contributed by atoms with Gasteiger partial charge in [-0.2, -0.15) is 4.98 Å². The third-order valence-corrected chi connectivity index (χ3v) is 2.69. The van der Waals surface area contributed by atoms with Crippen molar-refractivity contribution in [1.82, 2.24) is 10.1 Å². The van der Waals surface area contributed by atoms with Crippen molar-refractivity contribution in [3.8, 4) is 23.0 Å². The molecule has 1 heterocycles. The Morgan fingerprint density at radius 1 is 1.26 bits per heavy atom. The quantitative estimate of drug-likeness (QED) is 0.824. The van der Waals surface area contributed by atoms with E-state index in [1.165, 1.54) is 12.1 Å². The average molecular weight is 264 g/mol. The van der Waals surface area contributed by atoms with E-state index in [0.29, 0.717) is 18.0 Å². The molecule has 0 fully saturated rings. The zero-order valence-electron chi connectivity index (χ0n) is 11.0. The van der Waals surface area contributed by atoms with Gasteiger partial charge in [-0.25, -0.2) is 0 Å². The summed E-state index contributed by atoms with van der Waals surface area (Å²) in [6.45, 7) is 6.12. The minimum Gasteiger partial charge on any atom is -0.504 e. The largest absolute Gasteiger partial charge is 0.504 e. The van der Waals surface area contributed by atoms with Crippen LogP contribution in [0.2, 0.25) is 0 Å². The fraction of sp³-hybridized carbons (Fsp3) is 0.385. The Morgan fingerprint density at radius 3 is 2.63 bits per heavy atom. The van der Waals surface area contributed by atoms with Crippen molar-refractivity contribution < 1.29 is 19.5 Å². The normalized spacial score (nSPS) is 11.7. The molecule has 2 rings (SSSR count). The molecular formula is C13H16N2O4. The highest BCUT2D eigenvalue weighted by Crippen LogP contribution is 2.31. The van der Waals surface area contributed by atoms with E-state index in [4.69, 9.17) is 9.26 Å². The first-order valence-corrected chi connectivity index (χ1v) is 5.94. The number of aromatic nitrogens is 2. The number of benzene rings is 1. The second-order valence-electron chi connectivity index (χ2n) is 4.57. The molecule has 0 saturated carbocycles. The summed E-state index contributed by atoms with van der Waals surface area (Å²) in [5.74, 6) is 0.259. The summed E-state index contributed by atoms with van der Waals surface area (Å²) in [4.78, 5) is 4.25. The van der Waals surface area contributed by atoms with E-state index in [1.54, 1.807) is 6.07 Å². The molecule has 0 saturated heterocycles. The number of ether oxygens (including phenoxy) is 1. The Hall–Kier alpha value is -2.08. The van der Waals surface area contributed by atoms with Gasteiger partial charge in [0.2, 0.25) is 5.82 Å². The Balaban J connectivity index is 2.33. The summed E-state index contributed by atoms with van der Waals surface area (Å²) in [6, 6.07) is 4.31. The molecule has 0 radical (unpaired) electrons. The van der Waals surface area contributed by atoms with Gasteiger partial charge < -0.3 is 19.5 Å². The van der Waals surface area contributed by atoms with Crippen LogP contribution in [0.3, 0.4) is 0 Å². The van der Waals surface area contributed by atoms with Crippen LogP contribution in [0.15, 0.2) is 22.7 Å². The van der Waals surface area contributed by atoms with Crippen LogP contribution in [-0.4, -0.2) is 27.0 Å². The smallest absolute Gasteiger partial charge is 0.258 e. The van der Waals surface area contributed by atoms with E-state index in [1.807, 2.05) is 20.8 Å². The lowest BCUT2D eigenvalue weighted by molar-refractivity contribution is -0.0221. The number of nitrogens with zero attached hydrogens (tertiary/aromatic N) is 2. The van der Waals surface area contributed by atoms with Gasteiger partial charge in [-0.05, 0) is 39.0 Å². The second-order valence-corrected chi connectivity index (χ2v) is 4.57. The van der Waals surface area contributed by atoms with Gasteiger partial charge in [-0.3, -0.25) is 0 Å². The number of phenols is 2. The van der Waals surface area contributed by atoms with Crippen molar-refractivity contribution in [2.75, 3.05) is 6.61 Å². The van der Waals surface area contributed by atoms with Crippen LogP contribution >= 0.6 is 0 Å². The van der Waals surface area contributed by atoms with Crippen molar-refractivity contribution in [3.63, 3.8) is 0 Å². The average Bonchev–Trinajstić information content (AvgIpc) is 2.83. The number of aromatic hydroxyl groups is 2. The van der Waals surface area contributed by atoms with Crippen LogP contribution in [0.4, 0.5) is 0 Å². The lowest BCUT2D eigenvalue weighted by atomic mass is 10.1. The van der Waals surface area contributed by atoms with Crippen LogP contribution < -0.4 is 0 Å². The number of phenolic OH excluding ortho intramolecular Hbond substituents is 2. The molecule has 102 valence electrons. The van der Waals surface area contributed by atoms with Crippen molar-refractivity contribution in [2.24, 2.45) is 0 Å². The molecule has 6 nitrogen and oxygen atoms in total. The first-order valence-electron chi connectivity index (χ1n) is 5.94. The van der Waals surface area contributed by atoms with E-state index in [9.17, 15) is 10.2 Å². The second kappa shape index (κ2) is 4.89. The molecule has 19 heavy (non-hydrogen) atoms. The lowest BCUT2D eigenvalue weighted by Gasteiger charge is -2.19. The van der Waals surface area contributed by atoms with Crippen LogP contribution in [0.25, 0.3) is 11.5 Å². The number of hydrogen-bond acceptors (Lipinski definition) is 6. The molecule has 2 aromatic rings. The SMILES string of the molecule is CCOC(C)(C)c1noc(-c2ccc(O)c(O)c2)n1. The zero-order valence-corrected chi connectivity index (χ0v) is 11.0. The maximum Gasteiger partial charge on any atom is 0.258 e. The Bertz CT molecular complexity index is 578. The first-order chi connectivity index (χ1) is 8.94. The van der Waals surface area contributed by atoms with Gasteiger partial charge in [0.05, 0.1) is 0 Å². The third kappa shape index (κ3) is 2.68. The van der Waals surface area contributed by atoms with Crippen LogP contribution in [0, 0.1) is 0 Å². The fourth-order valence-corrected chi connectivity index (χ4v) is 1.67. The summed E-state index contributed by atoms with van der Waals surface area (Å²) in [7, 11) is 0. The Morgan fingerprint density at radius 2 is 2.00 bits per heavy atom. The van der Waals surface area contributed by atoms with Gasteiger partial charge in [0, 0.05) is 12.2 Å². The molecule has 0 aliphatic rings. The van der Waals surface area contributed by atoms with Crippen molar-refractivity contribution in [3.05, 3.63) is 24.0 Å². The highest BCUT2D eigenvalue weighted by molar-refractivity contribution is 5.58. The van der Waals surface area contributed by atoms with Gasteiger partial charge in [0.15, 0.2) is 11.5 Å². The van der Waals surface area contributed by atoms with Crippen LogP contribution in [0.5, 0.6) is 11.5 Å². The summed E-state index contributed by atoms with van der Waals surface area (Å²) >= 11 is 0. The molecule has 1 aromatic carbocycles. The topological polar surface area (TPSA) is 88.6 Å². The molecule has 0 aliphatic heterocycles. The summed E-state index contributed by atoms with van der Waals surface area (Å²) in [5, 5.41) is 22.6. The molecule has 0 spiro atoms. The minimum absolute atomic E-state index is 0.196. The monoisotopic (exact) mass is 264 g/mol. The van der Waals surface area contributed by atoms with E-state index in [-0.39, 0.29) is 17.4 Å². The fourth-order valence-electron chi connectivity index (χ4n) is 1.67. The molecule has 6 heteroatoms. The molecule has 0 amide bonds. The Labute approximate surface area is 110 Å². The van der Waals surface area contributed by atoms with E-state index < -0.39 is 5.60 Å². The lowest BCUT2D eigenvalue weighted by Crippen LogP contribution is -2.23. The number of rotatable bonds is 4. The molecule has 0 atom stereocenters. The predicted molar refractivity (Wildman–Crippen MR) is 67.7 cm³/mol. The molecule has 1 aromatic heterocycles. The van der Waals surface area contributed by atoms with Gasteiger partial charge >= 0.3 is 0 Å². The molecule has 2 N–H and O–H groups in total. The highest BCUT2D eigenvalue weighted by atomic mass is 16.5. The molecule has 0 bridgehead atoms. The first kappa shape index (κ1) is 13.4. The molecular weight excluding hydrogens is 248 g/mol. The predicted octanol–water partition coefficient (Wildman–Crippen LogP) is 2.42. The maximum absolute atomic E-state index is 9.45. The van der Waals surface area contributed by atoms with Crippen LogP contribution in [0.1, 0.15) is 26.6 Å². The number of hydrogen-bond donors (Lipinski definition) is 2. The zero-order chi connectivity index (χ0) is 14.0. The minimum atomic E-state index is -0.643. The van der Waals surface area contributed by atoms with Gasteiger partial charge in [0.1, 0.15) is 5.60 Å².